The van der Waals surface area contributed by atoms with Gasteiger partial charge in [0.25, 0.3) is 0 Å². The van der Waals surface area contributed by atoms with Crippen LogP contribution in [0.3, 0.4) is 0 Å². The second kappa shape index (κ2) is 8.56. The second-order valence-corrected chi connectivity index (χ2v) is 8.64. The molecule has 1 N–H and O–H groups in total. The summed E-state index contributed by atoms with van der Waals surface area (Å²) in [5, 5.41) is 10.4. The summed E-state index contributed by atoms with van der Waals surface area (Å²) in [4.78, 5) is 15.3. The minimum atomic E-state index is -0.168. The van der Waals surface area contributed by atoms with Crippen molar-refractivity contribution in [2.24, 2.45) is 0 Å². The summed E-state index contributed by atoms with van der Waals surface area (Å²) in [7, 11) is 5.12. The highest BCUT2D eigenvalue weighted by molar-refractivity contribution is 14.1. The summed E-state index contributed by atoms with van der Waals surface area (Å²) in [5.74, 6) is 1.49. The van der Waals surface area contributed by atoms with E-state index in [1.54, 1.807) is 13.2 Å². The van der Waals surface area contributed by atoms with Crippen LogP contribution in [0.25, 0.3) is 22.3 Å². The Bertz CT molecular complexity index is 1140. The predicted octanol–water partition coefficient (Wildman–Crippen LogP) is 3.86. The molecule has 158 valence electrons. The van der Waals surface area contributed by atoms with Crippen molar-refractivity contribution in [3.05, 3.63) is 55.8 Å². The fourth-order valence-corrected chi connectivity index (χ4v) is 5.04. The molecular weight excluding hydrogens is 497 g/mol. The molecule has 2 heterocycles. The van der Waals surface area contributed by atoms with Crippen LogP contribution in [-0.2, 0) is 0 Å². The Hall–Kier alpha value is -2.10. The number of ether oxygens (including phenoxy) is 2. The van der Waals surface area contributed by atoms with E-state index in [4.69, 9.17) is 13.9 Å². The average molecular weight is 521 g/mol. The molecule has 0 unspecified atom stereocenters. The maximum atomic E-state index is 13.2. The third kappa shape index (κ3) is 3.48. The first kappa shape index (κ1) is 21.1. The third-order valence-electron chi connectivity index (χ3n) is 5.93. The van der Waals surface area contributed by atoms with Crippen molar-refractivity contribution < 1.29 is 19.0 Å². The number of nitrogens with zero attached hydrogens (tertiary/aromatic N) is 1. The van der Waals surface area contributed by atoms with Gasteiger partial charge in [0.2, 0.25) is 0 Å². The van der Waals surface area contributed by atoms with Crippen LogP contribution >= 0.6 is 22.6 Å². The quantitative estimate of drug-likeness (QED) is 0.515. The van der Waals surface area contributed by atoms with E-state index in [0.717, 1.165) is 27.7 Å². The largest absolute Gasteiger partial charge is 0.496 e. The molecule has 3 aromatic rings. The van der Waals surface area contributed by atoms with Crippen molar-refractivity contribution in [2.45, 2.75) is 18.4 Å². The lowest BCUT2D eigenvalue weighted by Crippen LogP contribution is -2.32. The molecule has 7 heteroatoms. The number of halogens is 1. The van der Waals surface area contributed by atoms with Crippen molar-refractivity contribution in [1.29, 1.82) is 0 Å². The topological polar surface area (TPSA) is 72.1 Å². The van der Waals surface area contributed by atoms with Crippen molar-refractivity contribution in [3.63, 3.8) is 0 Å². The molecule has 4 rings (SSSR count). The van der Waals surface area contributed by atoms with E-state index in [9.17, 15) is 9.90 Å². The Kier molecular flexibility index (Phi) is 6.04. The molecule has 30 heavy (non-hydrogen) atoms. The number of hydrogen-bond acceptors (Lipinski definition) is 6. The Morgan fingerprint density at radius 3 is 2.60 bits per heavy atom. The number of likely N-dealkylation sites (tertiary alicyclic amines) is 1. The Morgan fingerprint density at radius 1 is 1.20 bits per heavy atom. The molecule has 2 atom stereocenters. The molecule has 0 bridgehead atoms. The number of aliphatic hydroxyl groups is 1. The first-order chi connectivity index (χ1) is 14.5. The molecule has 0 spiro atoms. The van der Waals surface area contributed by atoms with Gasteiger partial charge in [0.05, 0.1) is 20.8 Å². The van der Waals surface area contributed by atoms with Crippen LogP contribution in [-0.4, -0.2) is 50.5 Å². The summed E-state index contributed by atoms with van der Waals surface area (Å²) < 4.78 is 18.6. The molecule has 0 aliphatic carbocycles. The second-order valence-electron chi connectivity index (χ2n) is 7.48. The SMILES string of the molecule is COc1cc(OC)c2c(=O)cc(-c3ccccc3I)oc2c1[C@H]1CCN(C)[C@@H]1CO. The number of hydrogen-bond donors (Lipinski definition) is 1. The van der Waals surface area contributed by atoms with Crippen molar-refractivity contribution in [2.75, 3.05) is 34.4 Å². The average Bonchev–Trinajstić information content (AvgIpc) is 3.12. The van der Waals surface area contributed by atoms with Crippen molar-refractivity contribution in [3.8, 4) is 22.8 Å². The van der Waals surface area contributed by atoms with Crippen molar-refractivity contribution >= 4 is 33.6 Å². The lowest BCUT2D eigenvalue weighted by atomic mass is 9.89. The zero-order valence-electron chi connectivity index (χ0n) is 17.1. The van der Waals surface area contributed by atoms with E-state index >= 15 is 0 Å². The summed E-state index contributed by atoms with van der Waals surface area (Å²) in [6, 6.07) is 11.0. The summed E-state index contributed by atoms with van der Waals surface area (Å²) in [6.07, 6.45) is 0.830. The number of likely N-dealkylation sites (N-methyl/N-ethyl adjacent to an activating group) is 1. The van der Waals surface area contributed by atoms with Gasteiger partial charge < -0.3 is 23.9 Å². The van der Waals surface area contributed by atoms with Gasteiger partial charge in [-0.2, -0.15) is 0 Å². The van der Waals surface area contributed by atoms with Gasteiger partial charge in [-0.25, -0.2) is 0 Å². The molecule has 1 aliphatic heterocycles. The number of benzene rings is 2. The van der Waals surface area contributed by atoms with Gasteiger partial charge in [0.1, 0.15) is 28.2 Å². The number of fused-ring (bicyclic) bond motifs is 1. The standard InChI is InChI=1S/C23H24INO5/c1-25-9-8-14(16(25)12-26)21-19(28-2)11-20(29-3)22-17(27)10-18(30-23(21)22)13-6-4-5-7-15(13)24/h4-7,10-11,14,16,26H,8-9,12H2,1-3H3/t14-,16+/m0/s1. The monoisotopic (exact) mass is 521 g/mol. The highest BCUT2D eigenvalue weighted by Crippen LogP contribution is 2.45. The molecule has 0 radical (unpaired) electrons. The number of aliphatic hydroxyl groups excluding tert-OH is 1. The Labute approximate surface area is 188 Å². The fraction of sp³-hybridized carbons (Fsp3) is 0.348. The molecule has 1 aromatic heterocycles. The van der Waals surface area contributed by atoms with E-state index < -0.39 is 0 Å². The van der Waals surface area contributed by atoms with Gasteiger partial charge in [-0.1, -0.05) is 18.2 Å². The molecule has 0 saturated carbocycles. The highest BCUT2D eigenvalue weighted by atomic mass is 127. The van der Waals surface area contributed by atoms with E-state index in [0.29, 0.717) is 28.2 Å². The molecule has 6 nitrogen and oxygen atoms in total. The maximum absolute atomic E-state index is 13.2. The Morgan fingerprint density at radius 2 is 1.93 bits per heavy atom. The van der Waals surface area contributed by atoms with Gasteiger partial charge in [-0.05, 0) is 48.7 Å². The van der Waals surface area contributed by atoms with E-state index in [1.165, 1.54) is 13.2 Å². The fourth-order valence-electron chi connectivity index (χ4n) is 4.38. The van der Waals surface area contributed by atoms with Crippen LogP contribution in [0, 0.1) is 3.57 Å². The van der Waals surface area contributed by atoms with E-state index in [2.05, 4.69) is 27.5 Å². The molecule has 2 aromatic carbocycles. The Balaban J connectivity index is 2.07. The molecular formula is C23H24INO5. The lowest BCUT2D eigenvalue weighted by Gasteiger charge is -2.25. The van der Waals surface area contributed by atoms with E-state index in [1.807, 2.05) is 31.3 Å². The smallest absolute Gasteiger partial charge is 0.197 e. The minimum absolute atomic E-state index is 0.0123. The molecule has 1 saturated heterocycles. The van der Waals surface area contributed by atoms with Crippen LogP contribution in [0.1, 0.15) is 17.9 Å². The highest BCUT2D eigenvalue weighted by Gasteiger charge is 2.37. The maximum Gasteiger partial charge on any atom is 0.197 e. The normalized spacial score (nSPS) is 19.4. The summed E-state index contributed by atoms with van der Waals surface area (Å²) >= 11 is 2.24. The van der Waals surface area contributed by atoms with Gasteiger partial charge in [0.15, 0.2) is 5.43 Å². The third-order valence-corrected chi connectivity index (χ3v) is 6.87. The zero-order chi connectivity index (χ0) is 21.4. The summed E-state index contributed by atoms with van der Waals surface area (Å²) in [6.45, 7) is 0.853. The van der Waals surface area contributed by atoms with Crippen molar-refractivity contribution in [1.82, 2.24) is 4.90 Å². The van der Waals surface area contributed by atoms with E-state index in [-0.39, 0.29) is 24.0 Å². The number of methoxy groups -OCH3 is 2. The number of rotatable bonds is 5. The summed E-state index contributed by atoms with van der Waals surface area (Å²) in [5.41, 5.74) is 1.96. The van der Waals surface area contributed by atoms with Gasteiger partial charge >= 0.3 is 0 Å². The van der Waals surface area contributed by atoms with Gasteiger partial charge in [-0.3, -0.25) is 4.79 Å². The van der Waals surface area contributed by atoms with Gasteiger partial charge in [-0.15, -0.1) is 0 Å². The van der Waals surface area contributed by atoms with Crippen LogP contribution in [0.5, 0.6) is 11.5 Å². The van der Waals surface area contributed by atoms with Crippen LogP contribution in [0.4, 0.5) is 0 Å². The van der Waals surface area contributed by atoms with Gasteiger partial charge in [0, 0.05) is 38.8 Å². The van der Waals surface area contributed by atoms with Crippen LogP contribution in [0.2, 0.25) is 0 Å². The van der Waals surface area contributed by atoms with Crippen LogP contribution in [0.15, 0.2) is 45.6 Å². The molecule has 1 aliphatic rings. The first-order valence-electron chi connectivity index (χ1n) is 9.78. The zero-order valence-corrected chi connectivity index (χ0v) is 19.3. The minimum Gasteiger partial charge on any atom is -0.496 e. The van der Waals surface area contributed by atoms with Crippen LogP contribution < -0.4 is 14.9 Å². The molecule has 0 amide bonds. The lowest BCUT2D eigenvalue weighted by molar-refractivity contribution is 0.171. The predicted molar refractivity (Wildman–Crippen MR) is 125 cm³/mol. The first-order valence-corrected chi connectivity index (χ1v) is 10.9. The molecule has 1 fully saturated rings.